The number of sulfonamides is 1. The minimum absolute atomic E-state index is 0.0185. The first-order valence-corrected chi connectivity index (χ1v) is 12.7. The number of nitrogens with zero attached hydrogens (tertiary/aromatic N) is 2. The molecule has 4 aromatic rings. The van der Waals surface area contributed by atoms with Crippen molar-refractivity contribution in [3.63, 3.8) is 0 Å². The zero-order valence-electron chi connectivity index (χ0n) is 20.5. The van der Waals surface area contributed by atoms with Gasteiger partial charge in [0.15, 0.2) is 0 Å². The van der Waals surface area contributed by atoms with E-state index in [2.05, 4.69) is 15.5 Å². The molecular formula is C25H22F3N5O5S. The van der Waals surface area contributed by atoms with Gasteiger partial charge in [0.25, 0.3) is 11.6 Å². The molecule has 1 atom stereocenters. The number of carbonyl (C=O) groups is 2. The van der Waals surface area contributed by atoms with Crippen molar-refractivity contribution >= 4 is 38.5 Å². The Bertz CT molecular complexity index is 1660. The first-order valence-electron chi connectivity index (χ1n) is 11.2. The predicted octanol–water partition coefficient (Wildman–Crippen LogP) is 3.34. The molecule has 0 aliphatic rings. The molecule has 0 fully saturated rings. The van der Waals surface area contributed by atoms with E-state index in [4.69, 9.17) is 9.88 Å². The number of hydrogen-bond acceptors (Lipinski definition) is 7. The lowest BCUT2D eigenvalue weighted by Crippen LogP contribution is -2.55. The third kappa shape index (κ3) is 5.48. The Hall–Kier alpha value is -4.27. The fourth-order valence-corrected chi connectivity index (χ4v) is 4.55. The Balaban J connectivity index is 1.77. The highest BCUT2D eigenvalue weighted by molar-refractivity contribution is 7.89. The molecule has 1 heterocycles. The Labute approximate surface area is 220 Å². The second-order valence-corrected chi connectivity index (χ2v) is 10.2. The third-order valence-corrected chi connectivity index (χ3v) is 6.74. The molecule has 14 heteroatoms. The second-order valence-electron chi connectivity index (χ2n) is 8.65. The van der Waals surface area contributed by atoms with Gasteiger partial charge in [-0.25, -0.2) is 18.4 Å². The predicted molar refractivity (Wildman–Crippen MR) is 135 cm³/mol. The van der Waals surface area contributed by atoms with Crippen LogP contribution in [0.15, 0.2) is 77.7 Å². The number of nitrogens with one attached hydrogen (secondary N) is 2. The Morgan fingerprint density at radius 1 is 1.00 bits per heavy atom. The molecule has 4 rings (SSSR count). The summed E-state index contributed by atoms with van der Waals surface area (Å²) in [5.41, 5.74) is -1.10. The van der Waals surface area contributed by atoms with Crippen LogP contribution in [0.5, 0.6) is 0 Å². The van der Waals surface area contributed by atoms with Crippen LogP contribution in [0.2, 0.25) is 0 Å². The summed E-state index contributed by atoms with van der Waals surface area (Å²) in [6, 6.07) is 17.6. The summed E-state index contributed by atoms with van der Waals surface area (Å²) >= 11 is 0. The lowest BCUT2D eigenvalue weighted by atomic mass is 9.99. The number of anilines is 1. The van der Waals surface area contributed by atoms with Crippen LogP contribution in [0.4, 0.5) is 18.9 Å². The summed E-state index contributed by atoms with van der Waals surface area (Å²) in [6.07, 6.45) is -5.35. The van der Waals surface area contributed by atoms with Crippen LogP contribution >= 0.6 is 0 Å². The van der Waals surface area contributed by atoms with Crippen LogP contribution in [0.3, 0.4) is 0 Å². The number of alkyl halides is 3. The highest BCUT2D eigenvalue weighted by Gasteiger charge is 2.53. The maximum absolute atomic E-state index is 13.6. The number of aromatic amines is 1. The first-order chi connectivity index (χ1) is 18.2. The average Bonchev–Trinajstić information content (AvgIpc) is 3.29. The van der Waals surface area contributed by atoms with E-state index in [1.165, 1.54) is 68.7 Å². The van der Waals surface area contributed by atoms with Crippen LogP contribution in [-0.4, -0.2) is 55.7 Å². The summed E-state index contributed by atoms with van der Waals surface area (Å²) in [5, 5.41) is 15.2. The van der Waals surface area contributed by atoms with Crippen LogP contribution in [0.25, 0.3) is 22.2 Å². The van der Waals surface area contributed by atoms with E-state index in [1.807, 2.05) is 0 Å². The number of nitrogens with two attached hydrogens (primary N) is 1. The van der Waals surface area contributed by atoms with Gasteiger partial charge in [-0.05, 0) is 44.4 Å². The van der Waals surface area contributed by atoms with Gasteiger partial charge in [-0.3, -0.25) is 14.8 Å². The number of likely N-dealkylation sites (N-methyl/N-ethyl adjacent to an activating group) is 1. The van der Waals surface area contributed by atoms with E-state index in [-0.39, 0.29) is 16.1 Å². The van der Waals surface area contributed by atoms with E-state index < -0.39 is 33.8 Å². The topological polar surface area (TPSA) is 147 Å². The summed E-state index contributed by atoms with van der Waals surface area (Å²) in [7, 11) is -1.39. The van der Waals surface area contributed by atoms with Crippen molar-refractivity contribution in [2.24, 2.45) is 5.14 Å². The Morgan fingerprint density at radius 3 is 2.31 bits per heavy atom. The number of primary sulfonamides is 1. The van der Waals surface area contributed by atoms with E-state index in [9.17, 15) is 31.2 Å². The molecule has 0 aliphatic carbocycles. The average molecular weight is 562 g/mol. The van der Waals surface area contributed by atoms with Gasteiger partial charge in [0.2, 0.25) is 10.0 Å². The van der Waals surface area contributed by atoms with Crippen molar-refractivity contribution in [2.45, 2.75) is 16.8 Å². The summed E-state index contributed by atoms with van der Waals surface area (Å²) in [6.45, 7) is 0. The van der Waals surface area contributed by atoms with Gasteiger partial charge < -0.3 is 10.1 Å². The molecule has 0 bridgehead atoms. The Morgan fingerprint density at radius 2 is 1.69 bits per heavy atom. The molecule has 39 heavy (non-hydrogen) atoms. The van der Waals surface area contributed by atoms with Crippen molar-refractivity contribution in [3.8, 4) is 11.3 Å². The highest BCUT2D eigenvalue weighted by Crippen LogP contribution is 2.34. The third-order valence-electron chi connectivity index (χ3n) is 5.83. The standard InChI is InChI=1S/C25H22F3N5O5S/c1-33(2)24(16-8-4-3-5-9-16,38-23(35)25(26,27)28)22(34)30-17-11-12-20-19(14-17)21(32-31-20)15-7-6-10-18(13-15)39(29,36)37/h3-14H,1-2H3,(H,30,34)(H,31,32)(H2,29,36,37)/t24-/m1/s1. The minimum atomic E-state index is -5.35. The van der Waals surface area contributed by atoms with Crippen LogP contribution in [0.1, 0.15) is 5.56 Å². The smallest absolute Gasteiger partial charge is 0.423 e. The molecular weight excluding hydrogens is 539 g/mol. The van der Waals surface area contributed by atoms with Crippen molar-refractivity contribution in [3.05, 3.63) is 78.4 Å². The lowest BCUT2D eigenvalue weighted by Gasteiger charge is -2.37. The summed E-state index contributed by atoms with van der Waals surface area (Å²) in [4.78, 5) is 26.5. The van der Waals surface area contributed by atoms with Gasteiger partial charge in [-0.1, -0.05) is 42.5 Å². The van der Waals surface area contributed by atoms with Gasteiger partial charge >= 0.3 is 12.1 Å². The zero-order chi connectivity index (χ0) is 28.6. The van der Waals surface area contributed by atoms with Gasteiger partial charge in [-0.15, -0.1) is 0 Å². The fraction of sp³-hybridized carbons (Fsp3) is 0.160. The minimum Gasteiger partial charge on any atom is -0.423 e. The number of H-pyrrole nitrogens is 1. The maximum Gasteiger partial charge on any atom is 0.491 e. The van der Waals surface area contributed by atoms with E-state index in [1.54, 1.807) is 18.2 Å². The molecule has 3 aromatic carbocycles. The van der Waals surface area contributed by atoms with E-state index in [0.29, 0.717) is 22.2 Å². The quantitative estimate of drug-likeness (QED) is 0.232. The molecule has 0 spiro atoms. The van der Waals surface area contributed by atoms with Crippen LogP contribution in [-0.2, 0) is 30.1 Å². The molecule has 10 nitrogen and oxygen atoms in total. The van der Waals surface area contributed by atoms with Crippen molar-refractivity contribution < 1.29 is 35.9 Å². The maximum atomic E-state index is 13.6. The number of esters is 1. The number of ether oxygens (including phenoxy) is 1. The number of benzene rings is 3. The van der Waals surface area contributed by atoms with Crippen molar-refractivity contribution in [1.82, 2.24) is 15.1 Å². The van der Waals surface area contributed by atoms with E-state index >= 15 is 0 Å². The van der Waals surface area contributed by atoms with Crippen LogP contribution in [0, 0.1) is 0 Å². The largest absolute Gasteiger partial charge is 0.491 e. The number of fused-ring (bicyclic) bond motifs is 1. The summed E-state index contributed by atoms with van der Waals surface area (Å²) in [5.74, 6) is -3.62. The summed E-state index contributed by atoms with van der Waals surface area (Å²) < 4.78 is 68.1. The SMILES string of the molecule is CN(C)[C@](OC(=O)C(F)(F)F)(C(=O)Nc1ccc2[nH]nc(-c3cccc(S(N)(=O)=O)c3)c2c1)c1ccccc1. The number of aromatic nitrogens is 2. The normalized spacial score (nSPS) is 13.7. The molecule has 0 saturated heterocycles. The number of carbonyl (C=O) groups excluding carboxylic acids is 2. The van der Waals surface area contributed by atoms with Gasteiger partial charge in [0, 0.05) is 22.2 Å². The fourth-order valence-electron chi connectivity index (χ4n) is 3.99. The highest BCUT2D eigenvalue weighted by atomic mass is 32.2. The zero-order valence-corrected chi connectivity index (χ0v) is 21.3. The molecule has 0 radical (unpaired) electrons. The molecule has 0 saturated carbocycles. The molecule has 1 aromatic heterocycles. The van der Waals surface area contributed by atoms with Crippen molar-refractivity contribution in [2.75, 3.05) is 19.4 Å². The van der Waals surface area contributed by atoms with Gasteiger partial charge in [0.1, 0.15) is 5.69 Å². The first kappa shape index (κ1) is 27.8. The number of rotatable bonds is 7. The monoisotopic (exact) mass is 561 g/mol. The lowest BCUT2D eigenvalue weighted by molar-refractivity contribution is -0.228. The van der Waals surface area contributed by atoms with Crippen LogP contribution < -0.4 is 10.5 Å². The molecule has 1 amide bonds. The molecule has 204 valence electrons. The van der Waals surface area contributed by atoms with Gasteiger partial charge in [-0.2, -0.15) is 18.3 Å². The number of hydrogen-bond donors (Lipinski definition) is 3. The Kier molecular flexibility index (Phi) is 7.21. The number of halogens is 3. The van der Waals surface area contributed by atoms with Gasteiger partial charge in [0.05, 0.1) is 10.4 Å². The molecule has 4 N–H and O–H groups in total. The number of amides is 1. The second kappa shape index (κ2) is 10.1. The molecule has 0 aliphatic heterocycles. The van der Waals surface area contributed by atoms with E-state index in [0.717, 1.165) is 4.90 Å². The molecule has 0 unspecified atom stereocenters. The van der Waals surface area contributed by atoms with Crippen molar-refractivity contribution in [1.29, 1.82) is 0 Å².